The van der Waals surface area contributed by atoms with Crippen LogP contribution in [0.2, 0.25) is 0 Å². The van der Waals surface area contributed by atoms with Crippen molar-refractivity contribution in [2.24, 2.45) is 0 Å². The zero-order chi connectivity index (χ0) is 15.6. The normalized spacial score (nSPS) is 16.2. The van der Waals surface area contributed by atoms with E-state index in [0.717, 1.165) is 22.3 Å². The summed E-state index contributed by atoms with van der Waals surface area (Å²) in [7, 11) is 0. The molecule has 0 saturated heterocycles. The molecule has 4 heteroatoms. The van der Waals surface area contributed by atoms with Gasteiger partial charge in [-0.05, 0) is 50.5 Å². The third-order valence-electron chi connectivity index (χ3n) is 3.51. The van der Waals surface area contributed by atoms with Gasteiger partial charge in [0, 0.05) is 0 Å². The smallest absolute Gasteiger partial charge is 0.335 e. The van der Waals surface area contributed by atoms with Gasteiger partial charge in [-0.25, -0.2) is 4.79 Å². The lowest BCUT2D eigenvalue weighted by Gasteiger charge is -2.16. The largest absolute Gasteiger partial charge is 0.465 e. The summed E-state index contributed by atoms with van der Waals surface area (Å²) in [6.45, 7) is 7.99. The summed E-state index contributed by atoms with van der Waals surface area (Å²) in [6.07, 6.45) is 1.74. The summed E-state index contributed by atoms with van der Waals surface area (Å²) in [5.74, 6) is -1.54. The summed E-state index contributed by atoms with van der Waals surface area (Å²) < 4.78 is 10.2. The predicted octanol–water partition coefficient (Wildman–Crippen LogP) is 2.91. The lowest BCUT2D eigenvalue weighted by atomic mass is 9.91. The summed E-state index contributed by atoms with van der Waals surface area (Å²) in [5, 5.41) is 0. The highest BCUT2D eigenvalue weighted by Crippen LogP contribution is 2.40. The Morgan fingerprint density at radius 2 is 1.76 bits per heavy atom. The molecule has 21 heavy (non-hydrogen) atoms. The molecular formula is C17H20O4. The van der Waals surface area contributed by atoms with Crippen LogP contribution in [0.4, 0.5) is 0 Å². The van der Waals surface area contributed by atoms with Gasteiger partial charge < -0.3 is 9.47 Å². The summed E-state index contributed by atoms with van der Waals surface area (Å²) in [6, 6.07) is 3.98. The third-order valence-corrected chi connectivity index (χ3v) is 3.51. The van der Waals surface area contributed by atoms with Crippen LogP contribution in [0, 0.1) is 13.8 Å². The third kappa shape index (κ3) is 2.84. The number of hydrogen-bond acceptors (Lipinski definition) is 4. The fraction of sp³-hybridized carbons (Fsp3) is 0.412. The fourth-order valence-corrected chi connectivity index (χ4v) is 2.79. The number of benzene rings is 1. The van der Waals surface area contributed by atoms with Gasteiger partial charge in [-0.2, -0.15) is 0 Å². The molecule has 1 atom stereocenters. The number of esters is 2. The van der Waals surface area contributed by atoms with Crippen LogP contribution in [-0.2, 0) is 19.1 Å². The molecule has 0 heterocycles. The van der Waals surface area contributed by atoms with Crippen molar-refractivity contribution in [3.05, 3.63) is 40.0 Å². The van der Waals surface area contributed by atoms with Gasteiger partial charge in [0.05, 0.1) is 18.8 Å². The first-order valence-electron chi connectivity index (χ1n) is 7.16. The minimum Gasteiger partial charge on any atom is -0.465 e. The van der Waals surface area contributed by atoms with Crippen molar-refractivity contribution in [2.75, 3.05) is 13.2 Å². The van der Waals surface area contributed by atoms with E-state index in [0.29, 0.717) is 5.57 Å². The topological polar surface area (TPSA) is 52.6 Å². The molecule has 0 N–H and O–H groups in total. The Hall–Kier alpha value is -2.10. The zero-order valence-corrected chi connectivity index (χ0v) is 12.9. The Balaban J connectivity index is 2.50. The van der Waals surface area contributed by atoms with Gasteiger partial charge in [0.2, 0.25) is 0 Å². The summed E-state index contributed by atoms with van der Waals surface area (Å²) in [4.78, 5) is 24.4. The Morgan fingerprint density at radius 3 is 2.38 bits per heavy atom. The second kappa shape index (κ2) is 6.12. The summed E-state index contributed by atoms with van der Waals surface area (Å²) in [5.41, 5.74) is 4.18. The number of hydrogen-bond donors (Lipinski definition) is 0. The second-order valence-corrected chi connectivity index (χ2v) is 5.09. The van der Waals surface area contributed by atoms with Crippen molar-refractivity contribution in [2.45, 2.75) is 33.6 Å². The quantitative estimate of drug-likeness (QED) is 0.799. The van der Waals surface area contributed by atoms with Gasteiger partial charge in [-0.1, -0.05) is 17.7 Å². The van der Waals surface area contributed by atoms with E-state index in [4.69, 9.17) is 9.47 Å². The van der Waals surface area contributed by atoms with Gasteiger partial charge in [0.15, 0.2) is 0 Å². The molecule has 4 nitrogen and oxygen atoms in total. The maximum atomic E-state index is 12.3. The Kier molecular flexibility index (Phi) is 4.46. The van der Waals surface area contributed by atoms with Gasteiger partial charge >= 0.3 is 11.9 Å². The first kappa shape index (κ1) is 15.3. The van der Waals surface area contributed by atoms with Crippen molar-refractivity contribution in [3.63, 3.8) is 0 Å². The first-order valence-corrected chi connectivity index (χ1v) is 7.16. The number of carbonyl (C=O) groups excluding carboxylic acids is 2. The van der Waals surface area contributed by atoms with E-state index in [1.807, 2.05) is 26.0 Å². The monoisotopic (exact) mass is 288 g/mol. The molecule has 1 aliphatic rings. The van der Waals surface area contributed by atoms with Crippen LogP contribution < -0.4 is 0 Å². The highest BCUT2D eigenvalue weighted by molar-refractivity contribution is 6.06. The highest BCUT2D eigenvalue weighted by atomic mass is 16.5. The van der Waals surface area contributed by atoms with Gasteiger partial charge in [0.25, 0.3) is 0 Å². The SMILES string of the molecule is CCOC(=O)C1=Cc2cc(C)cc(C)c2C1C(=O)OCC. The van der Waals surface area contributed by atoms with E-state index in [1.165, 1.54) is 0 Å². The Labute approximate surface area is 124 Å². The maximum absolute atomic E-state index is 12.3. The van der Waals surface area contributed by atoms with Crippen molar-refractivity contribution in [1.82, 2.24) is 0 Å². The molecular weight excluding hydrogens is 268 g/mol. The van der Waals surface area contributed by atoms with E-state index in [2.05, 4.69) is 0 Å². The van der Waals surface area contributed by atoms with Crippen LogP contribution in [0.5, 0.6) is 0 Å². The molecule has 1 unspecified atom stereocenters. The van der Waals surface area contributed by atoms with Crippen LogP contribution in [-0.4, -0.2) is 25.2 Å². The fourth-order valence-electron chi connectivity index (χ4n) is 2.79. The van der Waals surface area contributed by atoms with Gasteiger partial charge in [-0.15, -0.1) is 0 Å². The minimum atomic E-state index is -0.681. The van der Waals surface area contributed by atoms with Crippen LogP contribution in [0.3, 0.4) is 0 Å². The van der Waals surface area contributed by atoms with Gasteiger partial charge in [0.1, 0.15) is 5.92 Å². The molecule has 0 aliphatic heterocycles. The van der Waals surface area contributed by atoms with E-state index < -0.39 is 17.9 Å². The van der Waals surface area contributed by atoms with E-state index in [1.54, 1.807) is 19.9 Å². The Morgan fingerprint density at radius 1 is 1.10 bits per heavy atom. The molecule has 0 aromatic heterocycles. The lowest BCUT2D eigenvalue weighted by molar-refractivity contribution is -0.147. The molecule has 0 amide bonds. The molecule has 0 spiro atoms. The number of fused-ring (bicyclic) bond motifs is 1. The number of rotatable bonds is 4. The van der Waals surface area contributed by atoms with Crippen LogP contribution in [0.25, 0.3) is 6.08 Å². The molecule has 0 fully saturated rings. The van der Waals surface area contributed by atoms with Crippen LogP contribution in [0.15, 0.2) is 17.7 Å². The highest BCUT2D eigenvalue weighted by Gasteiger charge is 2.38. The summed E-state index contributed by atoms with van der Waals surface area (Å²) >= 11 is 0. The number of aryl methyl sites for hydroxylation is 2. The molecule has 0 radical (unpaired) electrons. The van der Waals surface area contributed by atoms with Gasteiger partial charge in [-0.3, -0.25) is 4.79 Å². The Bertz CT molecular complexity index is 613. The van der Waals surface area contributed by atoms with Crippen LogP contribution >= 0.6 is 0 Å². The molecule has 2 rings (SSSR count). The zero-order valence-electron chi connectivity index (χ0n) is 12.9. The first-order chi connectivity index (χ1) is 9.99. The van der Waals surface area contributed by atoms with E-state index in [9.17, 15) is 9.59 Å². The van der Waals surface area contributed by atoms with E-state index in [-0.39, 0.29) is 13.2 Å². The average molecular weight is 288 g/mol. The molecule has 0 bridgehead atoms. The molecule has 1 aromatic carbocycles. The lowest BCUT2D eigenvalue weighted by Crippen LogP contribution is -2.22. The molecule has 1 aromatic rings. The van der Waals surface area contributed by atoms with Crippen molar-refractivity contribution >= 4 is 18.0 Å². The van der Waals surface area contributed by atoms with Crippen molar-refractivity contribution < 1.29 is 19.1 Å². The molecule has 0 saturated carbocycles. The maximum Gasteiger partial charge on any atom is 0.335 e. The number of carbonyl (C=O) groups is 2. The predicted molar refractivity (Wildman–Crippen MR) is 79.9 cm³/mol. The van der Waals surface area contributed by atoms with Crippen LogP contribution in [0.1, 0.15) is 42.0 Å². The average Bonchev–Trinajstić information content (AvgIpc) is 2.78. The van der Waals surface area contributed by atoms with Crippen molar-refractivity contribution in [3.8, 4) is 0 Å². The second-order valence-electron chi connectivity index (χ2n) is 5.09. The molecule has 1 aliphatic carbocycles. The standard InChI is InChI=1S/C17H20O4/c1-5-20-16(18)13-9-12-8-10(3)7-11(4)14(12)15(13)17(19)21-6-2/h7-9,15H,5-6H2,1-4H3. The van der Waals surface area contributed by atoms with Crippen molar-refractivity contribution in [1.29, 1.82) is 0 Å². The number of ether oxygens (including phenoxy) is 2. The minimum absolute atomic E-state index is 0.278. The van der Waals surface area contributed by atoms with E-state index >= 15 is 0 Å². The molecule has 112 valence electrons.